The normalized spacial score (nSPS) is 24.6. The van der Waals surface area contributed by atoms with Crippen LogP contribution in [0.1, 0.15) is 51.4 Å². The summed E-state index contributed by atoms with van der Waals surface area (Å²) in [6, 6.07) is 0.528. The maximum Gasteiger partial charge on any atom is 0.188 e. The molecule has 0 aromatic carbocycles. The monoisotopic (exact) mass is 239 g/mol. The molecule has 0 amide bonds. The van der Waals surface area contributed by atoms with Crippen molar-refractivity contribution in [2.75, 3.05) is 13.2 Å². The zero-order valence-electron chi connectivity index (χ0n) is 10.6. The molecule has 4 nitrogen and oxygen atoms in total. The van der Waals surface area contributed by atoms with Crippen LogP contribution in [-0.4, -0.2) is 30.3 Å². The van der Waals surface area contributed by atoms with Crippen molar-refractivity contribution in [2.45, 2.75) is 57.4 Å². The molecule has 2 aliphatic carbocycles. The Labute approximate surface area is 104 Å². The van der Waals surface area contributed by atoms with E-state index in [9.17, 15) is 0 Å². The molecule has 2 aliphatic rings. The zero-order valence-corrected chi connectivity index (χ0v) is 10.6. The summed E-state index contributed by atoms with van der Waals surface area (Å²) in [7, 11) is 0. The van der Waals surface area contributed by atoms with Crippen molar-refractivity contribution in [3.05, 3.63) is 0 Å². The fraction of sp³-hybridized carbons (Fsp3) is 0.923. The summed E-state index contributed by atoms with van der Waals surface area (Å²) in [4.78, 5) is 4.44. The van der Waals surface area contributed by atoms with E-state index in [1.165, 1.54) is 44.9 Å². The Balaban J connectivity index is 1.73. The Morgan fingerprint density at radius 1 is 1.29 bits per heavy atom. The van der Waals surface area contributed by atoms with Gasteiger partial charge in [0.2, 0.25) is 0 Å². The van der Waals surface area contributed by atoms with Gasteiger partial charge in [0.1, 0.15) is 0 Å². The van der Waals surface area contributed by atoms with Crippen LogP contribution in [0.5, 0.6) is 0 Å². The molecule has 17 heavy (non-hydrogen) atoms. The van der Waals surface area contributed by atoms with Gasteiger partial charge in [0, 0.05) is 19.2 Å². The van der Waals surface area contributed by atoms with E-state index in [1.807, 2.05) is 0 Å². The van der Waals surface area contributed by atoms with Gasteiger partial charge in [0.05, 0.1) is 0 Å². The summed E-state index contributed by atoms with van der Waals surface area (Å²) in [5.41, 5.74) is 6.18. The zero-order chi connectivity index (χ0) is 12.1. The van der Waals surface area contributed by atoms with Crippen molar-refractivity contribution in [1.82, 2.24) is 5.32 Å². The highest BCUT2D eigenvalue weighted by atomic mass is 16.3. The van der Waals surface area contributed by atoms with E-state index < -0.39 is 0 Å². The molecule has 2 saturated carbocycles. The highest BCUT2D eigenvalue weighted by molar-refractivity contribution is 5.78. The maximum absolute atomic E-state index is 8.97. The number of guanidine groups is 1. The first-order valence-electron chi connectivity index (χ1n) is 6.91. The summed E-state index contributed by atoms with van der Waals surface area (Å²) in [6.07, 6.45) is 9.65. The highest BCUT2D eigenvalue weighted by Gasteiger charge is 2.41. The summed E-state index contributed by atoms with van der Waals surface area (Å²) < 4.78 is 0. The second-order valence-electron chi connectivity index (χ2n) is 5.65. The Morgan fingerprint density at radius 3 is 2.59 bits per heavy atom. The van der Waals surface area contributed by atoms with E-state index in [0.717, 1.165) is 13.0 Å². The molecular formula is C13H25N3O. The van der Waals surface area contributed by atoms with Crippen LogP contribution in [0.3, 0.4) is 0 Å². The Bertz CT molecular complexity index is 268. The SMILES string of the molecule is NC(=NCC1(CCO)CC1)NC1CCCCC1. The van der Waals surface area contributed by atoms with Crippen LogP contribution in [0.15, 0.2) is 4.99 Å². The standard InChI is InChI=1S/C13H25N3O/c14-12(16-11-4-2-1-3-5-11)15-10-13(6-7-13)8-9-17/h11,17H,1-10H2,(H3,14,15,16). The van der Waals surface area contributed by atoms with E-state index in [4.69, 9.17) is 10.8 Å². The van der Waals surface area contributed by atoms with E-state index in [2.05, 4.69) is 10.3 Å². The molecule has 0 unspecified atom stereocenters. The summed E-state index contributed by atoms with van der Waals surface area (Å²) in [5, 5.41) is 12.3. The second kappa shape index (κ2) is 5.71. The molecule has 0 aliphatic heterocycles. The number of rotatable bonds is 5. The smallest absolute Gasteiger partial charge is 0.188 e. The van der Waals surface area contributed by atoms with Gasteiger partial charge in [0.25, 0.3) is 0 Å². The van der Waals surface area contributed by atoms with Crippen molar-refractivity contribution >= 4 is 5.96 Å². The van der Waals surface area contributed by atoms with Crippen molar-refractivity contribution in [3.63, 3.8) is 0 Å². The van der Waals surface area contributed by atoms with Gasteiger partial charge in [-0.3, -0.25) is 4.99 Å². The van der Waals surface area contributed by atoms with Crippen LogP contribution in [0.25, 0.3) is 0 Å². The minimum Gasteiger partial charge on any atom is -0.396 e. The molecule has 0 atom stereocenters. The molecule has 98 valence electrons. The van der Waals surface area contributed by atoms with Crippen LogP contribution in [0.2, 0.25) is 0 Å². The third kappa shape index (κ3) is 3.87. The minimum atomic E-state index is 0.269. The lowest BCUT2D eigenvalue weighted by Crippen LogP contribution is -2.41. The summed E-state index contributed by atoms with van der Waals surface area (Å²) >= 11 is 0. The third-order valence-corrected chi connectivity index (χ3v) is 4.14. The predicted octanol–water partition coefficient (Wildman–Crippen LogP) is 1.39. The van der Waals surface area contributed by atoms with Crippen LogP contribution in [0.4, 0.5) is 0 Å². The largest absolute Gasteiger partial charge is 0.396 e. The minimum absolute atomic E-state index is 0.269. The van der Waals surface area contributed by atoms with Crippen LogP contribution >= 0.6 is 0 Å². The van der Waals surface area contributed by atoms with Gasteiger partial charge >= 0.3 is 0 Å². The predicted molar refractivity (Wildman–Crippen MR) is 69.9 cm³/mol. The first kappa shape index (κ1) is 12.7. The molecule has 0 spiro atoms. The van der Waals surface area contributed by atoms with E-state index in [0.29, 0.717) is 12.0 Å². The third-order valence-electron chi connectivity index (χ3n) is 4.14. The molecule has 0 aromatic rings. The second-order valence-corrected chi connectivity index (χ2v) is 5.65. The number of aliphatic hydroxyl groups is 1. The molecule has 0 radical (unpaired) electrons. The first-order chi connectivity index (χ1) is 8.24. The molecule has 4 N–H and O–H groups in total. The molecule has 0 heterocycles. The number of hydrogen-bond donors (Lipinski definition) is 3. The number of nitrogens with zero attached hydrogens (tertiary/aromatic N) is 1. The topological polar surface area (TPSA) is 70.6 Å². The average Bonchev–Trinajstić information content (AvgIpc) is 3.09. The van der Waals surface area contributed by atoms with E-state index >= 15 is 0 Å². The lowest BCUT2D eigenvalue weighted by molar-refractivity contribution is 0.251. The van der Waals surface area contributed by atoms with Crippen LogP contribution < -0.4 is 11.1 Å². The van der Waals surface area contributed by atoms with Gasteiger partial charge in [-0.2, -0.15) is 0 Å². The Morgan fingerprint density at radius 2 is 2.00 bits per heavy atom. The Hall–Kier alpha value is -0.770. The van der Waals surface area contributed by atoms with Crippen LogP contribution in [0, 0.1) is 5.41 Å². The summed E-state index contributed by atoms with van der Waals surface area (Å²) in [5.74, 6) is 0.598. The lowest BCUT2D eigenvalue weighted by Gasteiger charge is -2.23. The van der Waals surface area contributed by atoms with Gasteiger partial charge in [-0.25, -0.2) is 0 Å². The van der Waals surface area contributed by atoms with Crippen molar-refractivity contribution in [1.29, 1.82) is 0 Å². The van der Waals surface area contributed by atoms with Crippen molar-refractivity contribution in [2.24, 2.45) is 16.1 Å². The lowest BCUT2D eigenvalue weighted by atomic mass is 9.96. The van der Waals surface area contributed by atoms with E-state index in [1.54, 1.807) is 0 Å². The fourth-order valence-electron chi connectivity index (χ4n) is 2.66. The molecule has 0 saturated heterocycles. The number of hydrogen-bond acceptors (Lipinski definition) is 2. The van der Waals surface area contributed by atoms with E-state index in [-0.39, 0.29) is 12.0 Å². The van der Waals surface area contributed by atoms with Gasteiger partial charge in [-0.1, -0.05) is 19.3 Å². The average molecular weight is 239 g/mol. The van der Waals surface area contributed by atoms with Gasteiger partial charge in [-0.15, -0.1) is 0 Å². The molecule has 0 bridgehead atoms. The quantitative estimate of drug-likeness (QED) is 0.501. The number of nitrogens with two attached hydrogens (primary N) is 1. The number of aliphatic imine (C=N–C) groups is 1. The molecular weight excluding hydrogens is 214 g/mol. The van der Waals surface area contributed by atoms with Crippen LogP contribution in [-0.2, 0) is 0 Å². The summed E-state index contributed by atoms with van der Waals surface area (Å²) in [6.45, 7) is 1.05. The van der Waals surface area contributed by atoms with Crippen molar-refractivity contribution < 1.29 is 5.11 Å². The number of aliphatic hydroxyl groups excluding tert-OH is 1. The Kier molecular flexibility index (Phi) is 4.26. The van der Waals surface area contributed by atoms with Gasteiger partial charge < -0.3 is 16.2 Å². The molecule has 2 rings (SSSR count). The molecule has 0 aromatic heterocycles. The highest BCUT2D eigenvalue weighted by Crippen LogP contribution is 2.48. The molecule has 2 fully saturated rings. The van der Waals surface area contributed by atoms with Crippen molar-refractivity contribution in [3.8, 4) is 0 Å². The van der Waals surface area contributed by atoms with Gasteiger partial charge in [0.15, 0.2) is 5.96 Å². The first-order valence-corrected chi connectivity index (χ1v) is 6.91. The maximum atomic E-state index is 8.97. The van der Waals surface area contributed by atoms with Gasteiger partial charge in [-0.05, 0) is 37.5 Å². The molecule has 4 heteroatoms. The fourth-order valence-corrected chi connectivity index (χ4v) is 2.66. The number of nitrogens with one attached hydrogen (secondary N) is 1.